The molecule has 0 spiro atoms. The number of ketones is 1. The summed E-state index contributed by atoms with van der Waals surface area (Å²) in [5.41, 5.74) is 2.81. The molecule has 2 rings (SSSR count). The van der Waals surface area contributed by atoms with Crippen LogP contribution in [0.25, 0.3) is 0 Å². The highest BCUT2D eigenvalue weighted by atomic mass is 16.5. The van der Waals surface area contributed by atoms with E-state index in [-0.39, 0.29) is 49.9 Å². The molecule has 224 valence electrons. The normalized spacial score (nSPS) is 15.4. The summed E-state index contributed by atoms with van der Waals surface area (Å²) < 4.78 is 9.98. The van der Waals surface area contributed by atoms with E-state index in [2.05, 4.69) is 32.6 Å². The second kappa shape index (κ2) is 17.5. The second-order valence-corrected chi connectivity index (χ2v) is 9.73. The Bertz CT molecular complexity index is 1080. The summed E-state index contributed by atoms with van der Waals surface area (Å²) >= 11 is 0. The first-order valence-electron chi connectivity index (χ1n) is 13.5. The van der Waals surface area contributed by atoms with Crippen LogP contribution in [0, 0.1) is 5.92 Å². The maximum Gasteiger partial charge on any atom is 0.358 e. The van der Waals surface area contributed by atoms with Gasteiger partial charge < -0.3 is 20.1 Å². The number of amides is 3. The van der Waals surface area contributed by atoms with Crippen molar-refractivity contribution >= 4 is 35.4 Å². The highest BCUT2D eigenvalue weighted by Gasteiger charge is 2.34. The van der Waals surface area contributed by atoms with Crippen molar-refractivity contribution in [2.24, 2.45) is 5.92 Å². The predicted octanol–water partition coefficient (Wildman–Crippen LogP) is 0.245. The van der Waals surface area contributed by atoms with Gasteiger partial charge in [-0.3, -0.25) is 34.0 Å². The van der Waals surface area contributed by atoms with E-state index in [0.717, 1.165) is 0 Å². The Morgan fingerprint density at radius 1 is 1.17 bits per heavy atom. The van der Waals surface area contributed by atoms with E-state index in [0.29, 0.717) is 25.8 Å². The van der Waals surface area contributed by atoms with E-state index in [1.165, 1.54) is 29.7 Å². The molecule has 0 saturated carbocycles. The Morgan fingerprint density at radius 2 is 1.95 bits per heavy atom. The highest BCUT2D eigenvalue weighted by Crippen LogP contribution is 2.14. The molecule has 1 aliphatic rings. The lowest BCUT2D eigenvalue weighted by Crippen LogP contribution is -2.60. The summed E-state index contributed by atoms with van der Waals surface area (Å²) in [4.78, 5) is 82.9. The number of hydrazine groups is 1. The van der Waals surface area contributed by atoms with Gasteiger partial charge in [-0.25, -0.2) is 15.2 Å². The van der Waals surface area contributed by atoms with Crippen molar-refractivity contribution in [3.05, 3.63) is 36.9 Å². The van der Waals surface area contributed by atoms with Crippen molar-refractivity contribution in [2.75, 3.05) is 26.3 Å². The first-order chi connectivity index (χ1) is 19.6. The van der Waals surface area contributed by atoms with Crippen LogP contribution in [0.4, 0.5) is 0 Å². The number of rotatable bonds is 16. The van der Waals surface area contributed by atoms with Gasteiger partial charge in [0.15, 0.2) is 18.1 Å². The molecule has 1 fully saturated rings. The smallest absolute Gasteiger partial charge is 0.358 e. The van der Waals surface area contributed by atoms with E-state index < -0.39 is 48.2 Å². The van der Waals surface area contributed by atoms with Crippen LogP contribution in [0.5, 0.6) is 0 Å². The molecule has 1 saturated heterocycles. The van der Waals surface area contributed by atoms with Gasteiger partial charge in [0.1, 0.15) is 12.6 Å². The molecule has 0 radical (unpaired) electrons. The van der Waals surface area contributed by atoms with Crippen LogP contribution in [0.2, 0.25) is 0 Å². The lowest BCUT2D eigenvalue weighted by molar-refractivity contribution is -0.147. The number of hydrogen-bond acceptors (Lipinski definition) is 11. The SMILES string of the molecule is C=CCOC(=O)CC[C@H](NC(=O)[C@@H]1CCCNN1C(=O)CCNC(=O)CC(C)C)C(=O)COC(=O)c1cnccn1. The third-order valence-corrected chi connectivity index (χ3v) is 5.90. The second-order valence-electron chi connectivity index (χ2n) is 9.73. The summed E-state index contributed by atoms with van der Waals surface area (Å²) in [6.07, 6.45) is 6.14. The third kappa shape index (κ3) is 11.8. The van der Waals surface area contributed by atoms with Crippen LogP contribution in [0.3, 0.4) is 0 Å². The number of aromatic nitrogens is 2. The number of carbonyl (C=O) groups excluding carboxylic acids is 6. The van der Waals surface area contributed by atoms with Gasteiger partial charge in [-0.15, -0.1) is 0 Å². The molecule has 2 heterocycles. The molecule has 1 aromatic rings. The van der Waals surface area contributed by atoms with Crippen LogP contribution in [-0.2, 0) is 33.4 Å². The van der Waals surface area contributed by atoms with Crippen LogP contribution < -0.4 is 16.1 Å². The van der Waals surface area contributed by atoms with Crippen molar-refractivity contribution < 1.29 is 38.2 Å². The number of esters is 2. The molecule has 3 amide bonds. The summed E-state index contributed by atoms with van der Waals surface area (Å²) in [6.45, 7) is 7.17. The Hall–Kier alpha value is -4.20. The lowest BCUT2D eigenvalue weighted by atomic mass is 10.0. The van der Waals surface area contributed by atoms with Crippen LogP contribution in [-0.4, -0.2) is 88.8 Å². The molecular formula is C27H38N6O8. The summed E-state index contributed by atoms with van der Waals surface area (Å²) in [7, 11) is 0. The summed E-state index contributed by atoms with van der Waals surface area (Å²) in [5.74, 6) is -3.16. The van der Waals surface area contributed by atoms with Crippen LogP contribution >= 0.6 is 0 Å². The van der Waals surface area contributed by atoms with Crippen LogP contribution in [0.1, 0.15) is 62.9 Å². The molecule has 0 aliphatic carbocycles. The zero-order valence-electron chi connectivity index (χ0n) is 23.4. The predicted molar refractivity (Wildman–Crippen MR) is 145 cm³/mol. The van der Waals surface area contributed by atoms with E-state index in [1.54, 1.807) is 0 Å². The number of carbonyl (C=O) groups is 6. The fourth-order valence-electron chi connectivity index (χ4n) is 3.90. The van der Waals surface area contributed by atoms with Crippen molar-refractivity contribution in [1.29, 1.82) is 0 Å². The average molecular weight is 575 g/mol. The van der Waals surface area contributed by atoms with Gasteiger partial charge in [0.05, 0.1) is 12.2 Å². The minimum Gasteiger partial charge on any atom is -0.461 e. The number of nitrogens with zero attached hydrogens (tertiary/aromatic N) is 3. The first kappa shape index (κ1) is 33.0. The topological polar surface area (TPSA) is 186 Å². The van der Waals surface area contributed by atoms with E-state index in [4.69, 9.17) is 9.47 Å². The van der Waals surface area contributed by atoms with Crippen molar-refractivity contribution in [3.8, 4) is 0 Å². The zero-order valence-corrected chi connectivity index (χ0v) is 23.4. The molecule has 14 heteroatoms. The fourth-order valence-corrected chi connectivity index (χ4v) is 3.90. The summed E-state index contributed by atoms with van der Waals surface area (Å²) in [5, 5.41) is 6.51. The largest absolute Gasteiger partial charge is 0.461 e. The number of hydrogen-bond donors (Lipinski definition) is 3. The minimum absolute atomic E-state index is 0.0116. The Kier molecular flexibility index (Phi) is 14.1. The molecule has 3 N–H and O–H groups in total. The Morgan fingerprint density at radius 3 is 2.63 bits per heavy atom. The standard InChI is InChI=1S/C27H38N6O8/c1-4-14-40-25(37)8-7-19(22(34)17-41-27(39)20-16-28-12-13-29-20)32-26(38)21-6-5-10-31-33(21)24(36)9-11-30-23(35)15-18(2)3/h4,12-13,16,18-19,21,31H,1,5-11,14-15,17H2,2-3H3,(H,30,35)(H,32,38)/t19-,21-/m0/s1. The first-order valence-corrected chi connectivity index (χ1v) is 13.5. The molecule has 14 nitrogen and oxygen atoms in total. The fraction of sp³-hybridized carbons (Fsp3) is 0.556. The molecular weight excluding hydrogens is 536 g/mol. The van der Waals surface area contributed by atoms with Crippen molar-refractivity contribution in [2.45, 2.75) is 64.5 Å². The van der Waals surface area contributed by atoms with Crippen molar-refractivity contribution in [1.82, 2.24) is 31.0 Å². The number of Topliss-reactive ketones (excluding diaryl/α,β-unsaturated/α-hetero) is 1. The van der Waals surface area contributed by atoms with Gasteiger partial charge >= 0.3 is 11.9 Å². The van der Waals surface area contributed by atoms with Gasteiger partial charge in [0, 0.05) is 44.7 Å². The van der Waals surface area contributed by atoms with Gasteiger partial charge in [-0.05, 0) is 25.2 Å². The molecule has 1 aromatic heterocycles. The van der Waals surface area contributed by atoms with Gasteiger partial charge in [-0.2, -0.15) is 0 Å². The lowest BCUT2D eigenvalue weighted by Gasteiger charge is -2.36. The van der Waals surface area contributed by atoms with E-state index in [9.17, 15) is 28.8 Å². The number of ether oxygens (including phenoxy) is 2. The zero-order chi connectivity index (χ0) is 30.2. The quantitative estimate of drug-likeness (QED) is 0.181. The third-order valence-electron chi connectivity index (χ3n) is 5.90. The Labute approximate surface area is 238 Å². The average Bonchev–Trinajstić information content (AvgIpc) is 2.96. The molecule has 0 aromatic carbocycles. The van der Waals surface area contributed by atoms with E-state index in [1.807, 2.05) is 13.8 Å². The van der Waals surface area contributed by atoms with Crippen molar-refractivity contribution in [3.63, 3.8) is 0 Å². The maximum absolute atomic E-state index is 13.3. The molecule has 2 atom stereocenters. The molecule has 41 heavy (non-hydrogen) atoms. The minimum atomic E-state index is -1.21. The monoisotopic (exact) mass is 574 g/mol. The maximum atomic E-state index is 13.3. The van der Waals surface area contributed by atoms with Crippen LogP contribution in [0.15, 0.2) is 31.2 Å². The molecule has 1 aliphatic heterocycles. The van der Waals surface area contributed by atoms with Gasteiger partial charge in [0.25, 0.3) is 0 Å². The van der Waals surface area contributed by atoms with Gasteiger partial charge in [-0.1, -0.05) is 26.5 Å². The highest BCUT2D eigenvalue weighted by molar-refractivity contribution is 5.95. The molecule has 0 unspecified atom stereocenters. The summed E-state index contributed by atoms with van der Waals surface area (Å²) in [6, 6.07) is -2.14. The number of nitrogens with one attached hydrogen (secondary N) is 3. The van der Waals surface area contributed by atoms with Gasteiger partial charge in [0.2, 0.25) is 17.7 Å². The van der Waals surface area contributed by atoms with E-state index >= 15 is 0 Å². The Balaban J connectivity index is 2.04. The molecule has 0 bridgehead atoms.